The maximum Gasteiger partial charge on any atom is 0.406 e. The average molecular weight is 252 g/mol. The van der Waals surface area contributed by atoms with Gasteiger partial charge in [-0.15, -0.1) is 0 Å². The van der Waals surface area contributed by atoms with Crippen LogP contribution in [0.2, 0.25) is 0 Å². The highest BCUT2D eigenvalue weighted by Crippen LogP contribution is 2.19. The molecule has 1 saturated heterocycles. The lowest BCUT2D eigenvalue weighted by Gasteiger charge is -2.26. The molecule has 1 amide bonds. The summed E-state index contributed by atoms with van der Waals surface area (Å²) in [4.78, 5) is 12.8. The van der Waals surface area contributed by atoms with Crippen LogP contribution in [0.4, 0.5) is 13.2 Å². The first-order valence-corrected chi connectivity index (χ1v) is 6.03. The molecule has 1 fully saturated rings. The van der Waals surface area contributed by atoms with Gasteiger partial charge >= 0.3 is 6.18 Å². The molecule has 0 bridgehead atoms. The molecule has 0 spiro atoms. The van der Waals surface area contributed by atoms with Gasteiger partial charge in [0, 0.05) is 6.54 Å². The lowest BCUT2D eigenvalue weighted by molar-refractivity contribution is -0.162. The van der Waals surface area contributed by atoms with Gasteiger partial charge in [0.05, 0.1) is 6.04 Å². The van der Waals surface area contributed by atoms with E-state index in [1.807, 2.05) is 6.92 Å². The molecule has 0 aromatic carbocycles. The third-order valence-corrected chi connectivity index (χ3v) is 2.82. The minimum atomic E-state index is -4.32. The third-order valence-electron chi connectivity index (χ3n) is 2.82. The fourth-order valence-electron chi connectivity index (χ4n) is 1.95. The van der Waals surface area contributed by atoms with Gasteiger partial charge in [-0.3, -0.25) is 4.79 Å². The Bertz CT molecular complexity index is 250. The number of hydrogen-bond donors (Lipinski definition) is 1. The Morgan fingerprint density at radius 3 is 2.65 bits per heavy atom. The molecular formula is C11H19F3N2O. The van der Waals surface area contributed by atoms with E-state index < -0.39 is 24.7 Å². The van der Waals surface area contributed by atoms with E-state index in [1.54, 1.807) is 0 Å². The summed E-state index contributed by atoms with van der Waals surface area (Å²) in [6, 6.07) is -0.422. The Labute approximate surface area is 99.4 Å². The first kappa shape index (κ1) is 14.3. The van der Waals surface area contributed by atoms with E-state index in [9.17, 15) is 18.0 Å². The SMILES string of the molecule is CCCCN(CC(F)(F)F)C(=O)[C@@H]1CCCN1. The first-order chi connectivity index (χ1) is 7.94. The van der Waals surface area contributed by atoms with Gasteiger partial charge in [0.25, 0.3) is 0 Å². The van der Waals surface area contributed by atoms with Gasteiger partial charge < -0.3 is 10.2 Å². The number of unbranched alkanes of at least 4 members (excludes halogenated alkanes) is 1. The highest BCUT2D eigenvalue weighted by molar-refractivity contribution is 5.82. The van der Waals surface area contributed by atoms with Crippen LogP contribution in [-0.4, -0.2) is 42.7 Å². The number of carbonyl (C=O) groups excluding carboxylic acids is 1. The minimum absolute atomic E-state index is 0.188. The lowest BCUT2D eigenvalue weighted by Crippen LogP contribution is -2.47. The van der Waals surface area contributed by atoms with Crippen molar-refractivity contribution < 1.29 is 18.0 Å². The standard InChI is InChI=1S/C11H19F3N2O/c1-2-3-7-16(8-11(12,13)14)10(17)9-5-4-6-15-9/h9,15H,2-8H2,1H3/t9-/m0/s1. The Balaban J connectivity index is 2.57. The average Bonchev–Trinajstić information content (AvgIpc) is 2.74. The van der Waals surface area contributed by atoms with Gasteiger partial charge in [-0.05, 0) is 25.8 Å². The summed E-state index contributed by atoms with van der Waals surface area (Å²) in [5.74, 6) is -0.409. The van der Waals surface area contributed by atoms with E-state index in [2.05, 4.69) is 5.32 Å². The van der Waals surface area contributed by atoms with Crippen LogP contribution in [0.1, 0.15) is 32.6 Å². The van der Waals surface area contributed by atoms with Crippen molar-refractivity contribution in [2.24, 2.45) is 0 Å². The predicted molar refractivity (Wildman–Crippen MR) is 58.6 cm³/mol. The number of nitrogens with zero attached hydrogens (tertiary/aromatic N) is 1. The van der Waals surface area contributed by atoms with Crippen LogP contribution in [-0.2, 0) is 4.79 Å². The van der Waals surface area contributed by atoms with Crippen LogP contribution < -0.4 is 5.32 Å². The molecule has 3 nitrogen and oxygen atoms in total. The van der Waals surface area contributed by atoms with Crippen LogP contribution in [0.5, 0.6) is 0 Å². The molecular weight excluding hydrogens is 233 g/mol. The molecule has 0 aromatic heterocycles. The van der Waals surface area contributed by atoms with Crippen LogP contribution in [0.15, 0.2) is 0 Å². The lowest BCUT2D eigenvalue weighted by atomic mass is 10.2. The minimum Gasteiger partial charge on any atom is -0.332 e. The molecule has 1 atom stereocenters. The van der Waals surface area contributed by atoms with Crippen LogP contribution in [0.25, 0.3) is 0 Å². The second-order valence-electron chi connectivity index (χ2n) is 4.38. The summed E-state index contributed by atoms with van der Waals surface area (Å²) in [5, 5.41) is 2.94. The van der Waals surface area contributed by atoms with Gasteiger partial charge in [-0.1, -0.05) is 13.3 Å². The van der Waals surface area contributed by atoms with E-state index in [0.717, 1.165) is 17.7 Å². The number of halogens is 3. The topological polar surface area (TPSA) is 32.3 Å². The fourth-order valence-corrected chi connectivity index (χ4v) is 1.95. The van der Waals surface area contributed by atoms with Gasteiger partial charge in [-0.25, -0.2) is 0 Å². The molecule has 100 valence electrons. The van der Waals surface area contributed by atoms with E-state index in [1.165, 1.54) is 0 Å². The predicted octanol–water partition coefficient (Wildman–Crippen LogP) is 1.93. The smallest absolute Gasteiger partial charge is 0.332 e. The summed E-state index contributed by atoms with van der Waals surface area (Å²) >= 11 is 0. The van der Waals surface area contributed by atoms with Crippen molar-refractivity contribution in [2.75, 3.05) is 19.6 Å². The molecule has 17 heavy (non-hydrogen) atoms. The van der Waals surface area contributed by atoms with Crippen LogP contribution >= 0.6 is 0 Å². The molecule has 1 aliphatic rings. The second-order valence-corrected chi connectivity index (χ2v) is 4.38. The van der Waals surface area contributed by atoms with Crippen molar-refractivity contribution in [2.45, 2.75) is 44.8 Å². The normalized spacial score (nSPS) is 20.6. The van der Waals surface area contributed by atoms with Crippen molar-refractivity contribution in [3.63, 3.8) is 0 Å². The molecule has 0 unspecified atom stereocenters. The number of alkyl halides is 3. The highest BCUT2D eigenvalue weighted by Gasteiger charge is 2.35. The first-order valence-electron chi connectivity index (χ1n) is 6.03. The highest BCUT2D eigenvalue weighted by atomic mass is 19.4. The summed E-state index contributed by atoms with van der Waals surface area (Å²) in [6.07, 6.45) is -1.44. The van der Waals surface area contributed by atoms with E-state index >= 15 is 0 Å². The van der Waals surface area contributed by atoms with E-state index in [4.69, 9.17) is 0 Å². The molecule has 6 heteroatoms. The maximum absolute atomic E-state index is 12.4. The van der Waals surface area contributed by atoms with Crippen molar-refractivity contribution in [3.8, 4) is 0 Å². The van der Waals surface area contributed by atoms with Crippen LogP contribution in [0.3, 0.4) is 0 Å². The maximum atomic E-state index is 12.4. The molecule has 0 aromatic rings. The second kappa shape index (κ2) is 6.23. The zero-order valence-corrected chi connectivity index (χ0v) is 10.0. The Kier molecular flexibility index (Phi) is 5.24. The Morgan fingerprint density at radius 1 is 1.47 bits per heavy atom. The summed E-state index contributed by atoms with van der Waals surface area (Å²) < 4.78 is 37.1. The van der Waals surface area contributed by atoms with Gasteiger partial charge in [0.1, 0.15) is 6.54 Å². The Hall–Kier alpha value is -0.780. The molecule has 0 radical (unpaired) electrons. The number of amides is 1. The van der Waals surface area contributed by atoms with Crippen molar-refractivity contribution in [1.82, 2.24) is 10.2 Å². The van der Waals surface area contributed by atoms with Crippen molar-refractivity contribution >= 4 is 5.91 Å². The Morgan fingerprint density at radius 2 is 2.18 bits per heavy atom. The number of hydrogen-bond acceptors (Lipinski definition) is 2. The van der Waals surface area contributed by atoms with Gasteiger partial charge in [0.15, 0.2) is 0 Å². The monoisotopic (exact) mass is 252 g/mol. The summed E-state index contributed by atoms with van der Waals surface area (Å²) in [5.41, 5.74) is 0. The molecule has 1 N–H and O–H groups in total. The third kappa shape index (κ3) is 4.93. The number of rotatable bonds is 5. The molecule has 1 rings (SSSR count). The van der Waals surface area contributed by atoms with Crippen molar-refractivity contribution in [3.05, 3.63) is 0 Å². The molecule has 1 heterocycles. The zero-order valence-electron chi connectivity index (χ0n) is 10.0. The largest absolute Gasteiger partial charge is 0.406 e. The van der Waals surface area contributed by atoms with E-state index in [0.29, 0.717) is 19.4 Å². The summed E-state index contributed by atoms with van der Waals surface area (Å²) in [7, 11) is 0. The van der Waals surface area contributed by atoms with Gasteiger partial charge in [0.2, 0.25) is 5.91 Å². The molecule has 1 aliphatic heterocycles. The quantitative estimate of drug-likeness (QED) is 0.811. The fraction of sp³-hybridized carbons (Fsp3) is 0.909. The van der Waals surface area contributed by atoms with Crippen molar-refractivity contribution in [1.29, 1.82) is 0 Å². The summed E-state index contributed by atoms with van der Waals surface area (Å²) in [6.45, 7) is 1.66. The van der Waals surface area contributed by atoms with Crippen LogP contribution in [0, 0.1) is 0 Å². The van der Waals surface area contributed by atoms with E-state index in [-0.39, 0.29) is 6.54 Å². The molecule has 0 aliphatic carbocycles. The number of nitrogens with one attached hydrogen (secondary N) is 1. The molecule has 0 saturated carbocycles. The number of carbonyl (C=O) groups is 1. The zero-order chi connectivity index (χ0) is 12.9. The van der Waals surface area contributed by atoms with Gasteiger partial charge in [-0.2, -0.15) is 13.2 Å².